The van der Waals surface area contributed by atoms with E-state index in [0.29, 0.717) is 33.8 Å². The lowest BCUT2D eigenvalue weighted by Gasteiger charge is -2.18. The van der Waals surface area contributed by atoms with Gasteiger partial charge >= 0.3 is 23.2 Å². The normalized spacial score (nSPS) is 11.8. The zero-order valence-electron chi connectivity index (χ0n) is 29.0. The largest absolute Gasteiger partial charge is 0.534 e. The van der Waals surface area contributed by atoms with Crippen LogP contribution in [0, 0.1) is 11.6 Å². The predicted octanol–water partition coefficient (Wildman–Crippen LogP) is 8.69. The molecule has 0 unspecified atom stereocenters. The molecule has 2 aromatic heterocycles. The van der Waals surface area contributed by atoms with E-state index in [1.807, 2.05) is 0 Å². The SMILES string of the molecule is COc1cc2ncnc(Nc3ccc(F)c(Cl)c3)c2cc1OS(=O)(=O)C(F)(F)F.COc1cc2ncnc(Nc3ccc(F)c(Cl)c3)c2cc1P(=O)(OC)OC. The summed E-state index contributed by atoms with van der Waals surface area (Å²) in [6.07, 6.45) is 2.52. The Balaban J connectivity index is 0.000000215. The van der Waals surface area contributed by atoms with Crippen LogP contribution >= 0.6 is 30.8 Å². The summed E-state index contributed by atoms with van der Waals surface area (Å²) in [7, 11) is -4.38. The maximum Gasteiger partial charge on any atom is 0.534 e. The summed E-state index contributed by atoms with van der Waals surface area (Å²) in [6, 6.07) is 13.3. The van der Waals surface area contributed by atoms with Gasteiger partial charge in [0.05, 0.1) is 35.3 Å². The second-order valence-electron chi connectivity index (χ2n) is 10.9. The number of fused-ring (bicyclic) bond motifs is 2. The van der Waals surface area contributed by atoms with Crippen LogP contribution in [0.15, 0.2) is 73.3 Å². The molecule has 0 aliphatic heterocycles. The molecule has 0 atom stereocenters. The fourth-order valence-electron chi connectivity index (χ4n) is 4.80. The first-order valence-corrected chi connectivity index (χ1v) is 19.0. The first-order valence-electron chi connectivity index (χ1n) is 15.3. The number of hydrogen-bond donors (Lipinski definition) is 2. The van der Waals surface area contributed by atoms with Gasteiger partial charge in [0.25, 0.3) is 0 Å². The summed E-state index contributed by atoms with van der Waals surface area (Å²) in [5, 5.41) is 6.55. The van der Waals surface area contributed by atoms with E-state index in [2.05, 4.69) is 34.8 Å². The molecule has 2 N–H and O–H groups in total. The Hall–Kier alpha value is -5.11. The second-order valence-corrected chi connectivity index (χ2v) is 15.4. The highest BCUT2D eigenvalue weighted by Crippen LogP contribution is 2.48. The number of methoxy groups -OCH3 is 2. The number of halogens is 7. The molecule has 0 spiro atoms. The minimum absolute atomic E-state index is 0.0241. The van der Waals surface area contributed by atoms with Gasteiger partial charge < -0.3 is 33.3 Å². The van der Waals surface area contributed by atoms with E-state index in [1.54, 1.807) is 12.1 Å². The van der Waals surface area contributed by atoms with Crippen molar-refractivity contribution in [3.05, 3.63) is 95.0 Å². The van der Waals surface area contributed by atoms with Gasteiger partial charge in [0.2, 0.25) is 0 Å². The molecule has 0 amide bonds. The third kappa shape index (κ3) is 9.12. The molecule has 0 fully saturated rings. The minimum Gasteiger partial charge on any atom is -0.496 e. The maximum absolute atomic E-state index is 13.4. The van der Waals surface area contributed by atoms with E-state index < -0.39 is 40.6 Å². The first kappa shape index (κ1) is 42.0. The Morgan fingerprint density at radius 1 is 0.661 bits per heavy atom. The number of aromatic nitrogens is 4. The first-order chi connectivity index (χ1) is 26.4. The number of anilines is 4. The lowest BCUT2D eigenvalue weighted by atomic mass is 10.2. The standard InChI is InChI=1S/C17H16ClFN3O4P.C16H10ClF4N3O4S/c1-24-15-8-14-11(7-16(15)27(23,25-2)26-3)17(21-9-20-14)22-10-4-5-13(19)12(18)6-10;1-27-13-6-12-9(5-14(13)28-29(25,26)16(19,20)21)15(23-7-22-12)24-8-2-3-11(18)10(17)4-8/h4-9H,1-3H3,(H,20,21,22);2-7H,1H3,(H,22,23,24). The van der Waals surface area contributed by atoms with Crippen LogP contribution in [0.25, 0.3) is 21.8 Å². The molecule has 56 heavy (non-hydrogen) atoms. The van der Waals surface area contributed by atoms with E-state index in [9.17, 15) is 34.9 Å². The van der Waals surface area contributed by atoms with Gasteiger partial charge in [0.1, 0.15) is 47.0 Å². The van der Waals surface area contributed by atoms with Crippen LogP contribution in [0.5, 0.6) is 17.2 Å². The molecule has 4 aromatic carbocycles. The van der Waals surface area contributed by atoms with Crippen molar-refractivity contribution in [1.29, 1.82) is 0 Å². The van der Waals surface area contributed by atoms with Crippen LogP contribution in [0.4, 0.5) is 45.0 Å². The topological polar surface area (TPSA) is 173 Å². The monoisotopic (exact) mass is 862 g/mol. The third-order valence-corrected chi connectivity index (χ3v) is 10.9. The quantitative estimate of drug-likeness (QED) is 0.0548. The number of alkyl halides is 3. The summed E-state index contributed by atoms with van der Waals surface area (Å²) in [4.78, 5) is 16.4. The number of rotatable bonds is 11. The summed E-state index contributed by atoms with van der Waals surface area (Å²) < 4.78 is 125. The van der Waals surface area contributed by atoms with Gasteiger partial charge in [0, 0.05) is 48.5 Å². The molecule has 0 saturated heterocycles. The fourth-order valence-corrected chi connectivity index (χ4v) is 6.87. The second kappa shape index (κ2) is 16.9. The van der Waals surface area contributed by atoms with Crippen molar-refractivity contribution in [3.63, 3.8) is 0 Å². The molecule has 296 valence electrons. The van der Waals surface area contributed by atoms with Crippen molar-refractivity contribution in [1.82, 2.24) is 19.9 Å². The Labute approximate surface area is 324 Å². The molecular weight excluding hydrogens is 837 g/mol. The van der Waals surface area contributed by atoms with Crippen molar-refractivity contribution in [2.24, 2.45) is 0 Å². The number of nitrogens with one attached hydrogen (secondary N) is 2. The molecule has 6 rings (SSSR count). The summed E-state index contributed by atoms with van der Waals surface area (Å²) >= 11 is 11.5. The number of nitrogens with zero attached hydrogens (tertiary/aromatic N) is 4. The molecule has 0 saturated carbocycles. The molecular formula is C33H26Cl2F5N6O8PS. The van der Waals surface area contributed by atoms with Gasteiger partial charge in [-0.2, -0.15) is 21.6 Å². The van der Waals surface area contributed by atoms with Crippen molar-refractivity contribution >= 4 is 91.0 Å². The van der Waals surface area contributed by atoms with Gasteiger partial charge in [0.15, 0.2) is 11.5 Å². The van der Waals surface area contributed by atoms with E-state index in [1.165, 1.54) is 64.1 Å². The number of hydrogen-bond acceptors (Lipinski definition) is 14. The summed E-state index contributed by atoms with van der Waals surface area (Å²) in [6.45, 7) is 0. The molecule has 14 nitrogen and oxygen atoms in total. The summed E-state index contributed by atoms with van der Waals surface area (Å²) in [5.74, 6) is -1.39. The minimum atomic E-state index is -5.93. The fraction of sp³-hybridized carbons (Fsp3) is 0.152. The summed E-state index contributed by atoms with van der Waals surface area (Å²) in [5.41, 5.74) is -4.03. The Morgan fingerprint density at radius 3 is 1.55 bits per heavy atom. The lowest BCUT2D eigenvalue weighted by molar-refractivity contribution is -0.0500. The number of ether oxygens (including phenoxy) is 2. The Kier molecular flexibility index (Phi) is 12.7. The molecule has 0 bridgehead atoms. The maximum atomic E-state index is 13.4. The van der Waals surface area contributed by atoms with Gasteiger partial charge in [-0.1, -0.05) is 23.2 Å². The van der Waals surface area contributed by atoms with Gasteiger partial charge in [-0.05, 0) is 48.5 Å². The highest BCUT2D eigenvalue weighted by Gasteiger charge is 2.49. The van der Waals surface area contributed by atoms with E-state index in [-0.39, 0.29) is 37.8 Å². The predicted molar refractivity (Wildman–Crippen MR) is 198 cm³/mol. The van der Waals surface area contributed by atoms with Crippen LogP contribution in [0.3, 0.4) is 0 Å². The zero-order chi connectivity index (χ0) is 41.0. The molecule has 6 aromatic rings. The van der Waals surface area contributed by atoms with Crippen LogP contribution in [0.1, 0.15) is 0 Å². The zero-order valence-corrected chi connectivity index (χ0v) is 32.2. The van der Waals surface area contributed by atoms with Crippen LogP contribution in [-0.2, 0) is 23.7 Å². The highest BCUT2D eigenvalue weighted by molar-refractivity contribution is 7.88. The van der Waals surface area contributed by atoms with E-state index in [0.717, 1.165) is 25.6 Å². The average molecular weight is 864 g/mol. The van der Waals surface area contributed by atoms with Gasteiger partial charge in [-0.15, -0.1) is 0 Å². The Bertz CT molecular complexity index is 2590. The van der Waals surface area contributed by atoms with Crippen LogP contribution < -0.4 is 29.6 Å². The van der Waals surface area contributed by atoms with Crippen molar-refractivity contribution in [2.75, 3.05) is 39.1 Å². The van der Waals surface area contributed by atoms with Crippen molar-refractivity contribution in [3.8, 4) is 17.2 Å². The van der Waals surface area contributed by atoms with Crippen LogP contribution in [0.2, 0.25) is 10.0 Å². The van der Waals surface area contributed by atoms with Gasteiger partial charge in [-0.3, -0.25) is 4.57 Å². The van der Waals surface area contributed by atoms with Crippen molar-refractivity contribution < 1.29 is 57.6 Å². The molecule has 0 aliphatic rings. The molecule has 2 heterocycles. The van der Waals surface area contributed by atoms with Gasteiger partial charge in [-0.25, -0.2) is 28.7 Å². The molecule has 23 heteroatoms. The Morgan fingerprint density at radius 2 is 1.12 bits per heavy atom. The van der Waals surface area contributed by atoms with Crippen molar-refractivity contribution in [2.45, 2.75) is 5.51 Å². The lowest BCUT2D eigenvalue weighted by Crippen LogP contribution is -2.28. The van der Waals surface area contributed by atoms with E-state index >= 15 is 0 Å². The smallest absolute Gasteiger partial charge is 0.496 e. The highest BCUT2D eigenvalue weighted by atomic mass is 35.5. The van der Waals surface area contributed by atoms with E-state index in [4.69, 9.17) is 41.7 Å². The third-order valence-electron chi connectivity index (χ3n) is 7.48. The molecule has 0 radical (unpaired) electrons. The molecule has 0 aliphatic carbocycles. The average Bonchev–Trinajstić information content (AvgIpc) is 3.16. The van der Waals surface area contributed by atoms with Crippen LogP contribution in [-0.4, -0.2) is 62.3 Å². The number of benzene rings is 4.